The molecule has 0 saturated carbocycles. The highest BCUT2D eigenvalue weighted by Gasteiger charge is 2.51. The van der Waals surface area contributed by atoms with Gasteiger partial charge in [0.05, 0.1) is 52.4 Å². The van der Waals surface area contributed by atoms with E-state index in [0.717, 1.165) is 34.6 Å². The molecule has 0 N–H and O–H groups in total. The molecule has 0 amide bonds. The van der Waals surface area contributed by atoms with E-state index in [0.29, 0.717) is 43.4 Å². The number of piperidine rings is 2. The molecule has 4 bridgehead atoms. The van der Waals surface area contributed by atoms with E-state index in [2.05, 4.69) is 28.2 Å². The quantitative estimate of drug-likeness (QED) is 0.501. The van der Waals surface area contributed by atoms with Crippen molar-refractivity contribution < 1.29 is 28.0 Å². The van der Waals surface area contributed by atoms with E-state index in [9.17, 15) is 9.59 Å². The second-order valence-electron chi connectivity index (χ2n) is 11.0. The Morgan fingerprint density at radius 1 is 0.655 bits per heavy atom. The van der Waals surface area contributed by atoms with Gasteiger partial charge in [-0.05, 0) is 6.42 Å². The normalized spacial score (nSPS) is 39.2. The summed E-state index contributed by atoms with van der Waals surface area (Å²) in [6.45, 7) is 0. The summed E-state index contributed by atoms with van der Waals surface area (Å²) in [5.41, 5.74) is 0. The fourth-order valence-electron chi connectivity index (χ4n) is 6.72. The number of hydrogen-bond donors (Lipinski definition) is 0. The minimum atomic E-state index is -0.149. The molecule has 4 aliphatic rings. The molecule has 0 aliphatic carbocycles. The van der Waals surface area contributed by atoms with E-state index >= 15 is 0 Å². The molecule has 6 nitrogen and oxygen atoms in total. The first kappa shape index (κ1) is 21.1. The Hall–Kier alpha value is -1.14. The third-order valence-electron chi connectivity index (χ3n) is 8.93. The molecule has 0 radical (unpaired) electrons. The van der Waals surface area contributed by atoms with Crippen LogP contribution >= 0.6 is 0 Å². The van der Waals surface area contributed by atoms with Crippen molar-refractivity contribution in [3.63, 3.8) is 0 Å². The molecule has 4 heterocycles. The van der Waals surface area contributed by atoms with Crippen molar-refractivity contribution in [3.05, 3.63) is 0 Å². The predicted molar refractivity (Wildman–Crippen MR) is 110 cm³/mol. The van der Waals surface area contributed by atoms with Gasteiger partial charge in [-0.25, -0.2) is 0 Å². The van der Waals surface area contributed by atoms with Gasteiger partial charge >= 0.3 is 11.9 Å². The number of nitrogens with zero attached hydrogens (tertiary/aromatic N) is 2. The highest BCUT2D eigenvalue weighted by molar-refractivity contribution is 5.72. The van der Waals surface area contributed by atoms with Crippen molar-refractivity contribution in [2.24, 2.45) is 0 Å². The Kier molecular flexibility index (Phi) is 5.71. The topological polar surface area (TPSA) is 52.6 Å². The van der Waals surface area contributed by atoms with Gasteiger partial charge in [0.1, 0.15) is 12.2 Å². The summed E-state index contributed by atoms with van der Waals surface area (Å²) in [6.07, 6.45) is 10.2. The molecule has 164 valence electrons. The highest BCUT2D eigenvalue weighted by atomic mass is 16.5. The average Bonchev–Trinajstić information content (AvgIpc) is 2.92. The van der Waals surface area contributed by atoms with Crippen molar-refractivity contribution in [1.82, 2.24) is 0 Å². The maximum absolute atomic E-state index is 12.3. The van der Waals surface area contributed by atoms with Gasteiger partial charge in [-0.2, -0.15) is 0 Å². The zero-order valence-corrected chi connectivity index (χ0v) is 18.8. The lowest BCUT2D eigenvalue weighted by Gasteiger charge is -2.43. The van der Waals surface area contributed by atoms with Crippen molar-refractivity contribution in [2.75, 3.05) is 28.2 Å². The van der Waals surface area contributed by atoms with Crippen LogP contribution in [0.4, 0.5) is 0 Å². The third kappa shape index (κ3) is 4.20. The molecule has 4 atom stereocenters. The van der Waals surface area contributed by atoms with Crippen LogP contribution in [0.5, 0.6) is 0 Å². The molecule has 0 aromatic carbocycles. The molecule has 4 aliphatic heterocycles. The molecule has 4 saturated heterocycles. The Morgan fingerprint density at radius 3 is 1.28 bits per heavy atom. The maximum atomic E-state index is 12.3. The number of esters is 2. The zero-order chi connectivity index (χ0) is 20.8. The smallest absolute Gasteiger partial charge is 0.306 e. The monoisotopic (exact) mass is 408 g/mol. The summed E-state index contributed by atoms with van der Waals surface area (Å²) < 4.78 is 13.7. The van der Waals surface area contributed by atoms with E-state index in [1.54, 1.807) is 0 Å². The molecular weight excluding hydrogens is 368 g/mol. The number of carbonyl (C=O) groups is 2. The van der Waals surface area contributed by atoms with Crippen LogP contribution in [0.15, 0.2) is 0 Å². The summed E-state index contributed by atoms with van der Waals surface area (Å²) in [6, 6.07) is 2.48. The summed E-state index contributed by atoms with van der Waals surface area (Å²) in [7, 11) is 9.24. The van der Waals surface area contributed by atoms with Crippen LogP contribution in [-0.2, 0) is 19.1 Å². The number of fused-ring (bicyclic) bond motifs is 4. The standard InChI is InChI=1S/C23H40N2O4/c1-24(2)16-8-9-17(24)13-20(12-16)28-22(26)6-5-7-23(27)29-21-14-18-10-11-19(15-21)25(18,3)4/h16-21H,5-15H2,1-4H3/q+2. The van der Waals surface area contributed by atoms with Crippen LogP contribution in [0.1, 0.15) is 70.6 Å². The van der Waals surface area contributed by atoms with Crippen LogP contribution < -0.4 is 0 Å². The van der Waals surface area contributed by atoms with Crippen LogP contribution in [0.2, 0.25) is 0 Å². The Morgan fingerprint density at radius 2 is 0.966 bits per heavy atom. The van der Waals surface area contributed by atoms with E-state index in [4.69, 9.17) is 9.47 Å². The van der Waals surface area contributed by atoms with Gasteiger partial charge in [-0.15, -0.1) is 0 Å². The van der Waals surface area contributed by atoms with Crippen LogP contribution in [-0.4, -0.2) is 85.5 Å². The fraction of sp³-hybridized carbons (Fsp3) is 0.913. The lowest BCUT2D eigenvalue weighted by Crippen LogP contribution is -2.56. The van der Waals surface area contributed by atoms with Crippen molar-refractivity contribution in [1.29, 1.82) is 0 Å². The molecule has 4 unspecified atom stereocenters. The number of carbonyl (C=O) groups excluding carboxylic acids is 2. The lowest BCUT2D eigenvalue weighted by atomic mass is 9.97. The van der Waals surface area contributed by atoms with Gasteiger partial charge in [-0.1, -0.05) is 0 Å². The molecule has 4 rings (SSSR count). The predicted octanol–water partition coefficient (Wildman–Crippen LogP) is 2.78. The third-order valence-corrected chi connectivity index (χ3v) is 8.93. The molecule has 29 heavy (non-hydrogen) atoms. The van der Waals surface area contributed by atoms with Crippen molar-refractivity contribution in [2.45, 2.75) is 107 Å². The van der Waals surface area contributed by atoms with Crippen LogP contribution in [0, 0.1) is 0 Å². The van der Waals surface area contributed by atoms with Crippen molar-refractivity contribution >= 4 is 11.9 Å². The summed E-state index contributed by atoms with van der Waals surface area (Å²) >= 11 is 0. The fourth-order valence-corrected chi connectivity index (χ4v) is 6.72. The zero-order valence-electron chi connectivity index (χ0n) is 18.8. The molecular formula is C23H40N2O4+2. The first-order valence-electron chi connectivity index (χ1n) is 11.7. The number of hydrogen-bond acceptors (Lipinski definition) is 4. The SMILES string of the molecule is C[N+]1(C)C2CCC1CC(OC(=O)CCCC(=O)OC1CC3CCC(C1)[N+]3(C)C)C2. The number of ether oxygens (including phenoxy) is 2. The van der Waals surface area contributed by atoms with Crippen molar-refractivity contribution in [3.8, 4) is 0 Å². The van der Waals surface area contributed by atoms with Gasteiger partial charge < -0.3 is 18.4 Å². The van der Waals surface area contributed by atoms with E-state index in [1.807, 2.05) is 0 Å². The Labute approximate surface area is 175 Å². The summed E-state index contributed by atoms with van der Waals surface area (Å²) in [5.74, 6) is -0.298. The van der Waals surface area contributed by atoms with Gasteiger partial charge in [0.25, 0.3) is 0 Å². The lowest BCUT2D eigenvalue weighted by molar-refractivity contribution is -0.931. The largest absolute Gasteiger partial charge is 0.462 e. The first-order valence-corrected chi connectivity index (χ1v) is 11.7. The van der Waals surface area contributed by atoms with Crippen LogP contribution in [0.25, 0.3) is 0 Å². The second kappa shape index (κ2) is 7.84. The van der Waals surface area contributed by atoms with Gasteiger partial charge in [0.2, 0.25) is 0 Å². The molecule has 4 fully saturated rings. The first-order chi connectivity index (χ1) is 13.7. The number of rotatable bonds is 6. The minimum absolute atomic E-state index is 0.0669. The molecule has 6 heteroatoms. The molecule has 0 spiro atoms. The average molecular weight is 409 g/mol. The number of quaternary nitrogens is 2. The van der Waals surface area contributed by atoms with Gasteiger partial charge in [0.15, 0.2) is 0 Å². The Balaban J connectivity index is 1.14. The van der Waals surface area contributed by atoms with E-state index in [1.165, 1.54) is 25.7 Å². The van der Waals surface area contributed by atoms with Gasteiger partial charge in [0, 0.05) is 64.2 Å². The summed E-state index contributed by atoms with van der Waals surface area (Å²) in [4.78, 5) is 24.5. The van der Waals surface area contributed by atoms with Crippen LogP contribution in [0.3, 0.4) is 0 Å². The highest BCUT2D eigenvalue weighted by Crippen LogP contribution is 2.41. The minimum Gasteiger partial charge on any atom is -0.462 e. The Bertz CT molecular complexity index is 561. The maximum Gasteiger partial charge on any atom is 0.306 e. The summed E-state index contributed by atoms with van der Waals surface area (Å²) in [5, 5.41) is 0. The van der Waals surface area contributed by atoms with E-state index in [-0.39, 0.29) is 24.1 Å². The van der Waals surface area contributed by atoms with Gasteiger partial charge in [-0.3, -0.25) is 9.59 Å². The van der Waals surface area contributed by atoms with E-state index < -0.39 is 0 Å². The molecule has 0 aromatic heterocycles. The second-order valence-corrected chi connectivity index (χ2v) is 11.0. The molecule has 0 aromatic rings.